The first-order chi connectivity index (χ1) is 37.0. The van der Waals surface area contributed by atoms with Gasteiger partial charge < -0.3 is 14.2 Å². The van der Waals surface area contributed by atoms with Crippen LogP contribution in [-0.2, 0) is 28.6 Å². The van der Waals surface area contributed by atoms with Crippen molar-refractivity contribution in [1.82, 2.24) is 0 Å². The number of ether oxygens (including phenoxy) is 3. The van der Waals surface area contributed by atoms with Crippen molar-refractivity contribution in [3.8, 4) is 0 Å². The van der Waals surface area contributed by atoms with Crippen LogP contribution in [-0.4, -0.2) is 37.2 Å². The number of hydrogen-bond donors (Lipinski definition) is 0. The number of carbonyl (C=O) groups is 3. The monoisotopic (exact) mass is 1040 g/mol. The average molecular weight is 1040 g/mol. The Balaban J connectivity index is 4.32. The molecule has 0 spiro atoms. The quantitative estimate of drug-likeness (QED) is 0.0261. The van der Waals surface area contributed by atoms with Gasteiger partial charge in [0.25, 0.3) is 0 Å². The van der Waals surface area contributed by atoms with E-state index < -0.39 is 6.10 Å². The van der Waals surface area contributed by atoms with E-state index in [1.807, 2.05) is 0 Å². The molecule has 0 amide bonds. The van der Waals surface area contributed by atoms with Crippen molar-refractivity contribution >= 4 is 17.9 Å². The molecule has 0 fully saturated rings. The van der Waals surface area contributed by atoms with Crippen molar-refractivity contribution in [3.63, 3.8) is 0 Å². The summed E-state index contributed by atoms with van der Waals surface area (Å²) in [5.74, 6) is -0.907. The summed E-state index contributed by atoms with van der Waals surface area (Å²) in [7, 11) is 0. The smallest absolute Gasteiger partial charge is 0.306 e. The summed E-state index contributed by atoms with van der Waals surface area (Å²) < 4.78 is 16.9. The molecule has 0 saturated heterocycles. The van der Waals surface area contributed by atoms with E-state index in [0.29, 0.717) is 19.3 Å². The van der Waals surface area contributed by atoms with Gasteiger partial charge in [-0.05, 0) is 122 Å². The lowest BCUT2D eigenvalue weighted by Crippen LogP contribution is -2.30. The van der Waals surface area contributed by atoms with Gasteiger partial charge in [0.2, 0.25) is 0 Å². The molecule has 0 aliphatic carbocycles. The third kappa shape index (κ3) is 60.8. The number of unbranched alkanes of at least 4 members (excludes halogenated alkanes) is 27. The minimum atomic E-state index is -0.791. The lowest BCUT2D eigenvalue weighted by molar-refractivity contribution is -0.167. The molecule has 0 rings (SSSR count). The normalized spacial score (nSPS) is 12.8. The molecule has 0 saturated carbocycles. The first kappa shape index (κ1) is 71.1. The van der Waals surface area contributed by atoms with E-state index in [1.54, 1.807) is 0 Å². The lowest BCUT2D eigenvalue weighted by Gasteiger charge is -2.18. The predicted octanol–water partition coefficient (Wildman–Crippen LogP) is 21.4. The number of carbonyl (C=O) groups excluding carboxylic acids is 3. The molecule has 0 aromatic heterocycles. The standard InChI is InChI=1S/C69H116O6/c1-4-7-10-13-16-19-22-25-27-29-30-31-32-33-34-35-36-37-38-40-41-44-47-50-53-56-59-62-68(71)74-65-66(64-73-67(70)61-58-55-52-49-46-43-24-21-18-15-12-9-6-3)75-69(72)63-60-57-54-51-48-45-42-39-28-26-23-20-17-14-11-8-5-2/h7,10,12,15-17,19-21,24-28,30-31,33-34,66H,4-6,8-9,11,13-14,18,22-23,29,32,35-65H2,1-3H3/b10-7-,15-12-,19-16-,20-17-,24-21-,27-25-,28-26-,31-30-,34-33-. The topological polar surface area (TPSA) is 78.9 Å². The molecule has 6 heteroatoms. The van der Waals surface area contributed by atoms with Gasteiger partial charge >= 0.3 is 17.9 Å². The number of esters is 3. The number of rotatable bonds is 56. The summed E-state index contributed by atoms with van der Waals surface area (Å²) in [6.07, 6.45) is 85.2. The van der Waals surface area contributed by atoms with E-state index in [4.69, 9.17) is 14.2 Å². The number of allylic oxidation sites excluding steroid dienone is 18. The van der Waals surface area contributed by atoms with E-state index in [-0.39, 0.29) is 31.1 Å². The first-order valence-corrected chi connectivity index (χ1v) is 31.4. The summed E-state index contributed by atoms with van der Waals surface area (Å²) in [5, 5.41) is 0. The second-order valence-corrected chi connectivity index (χ2v) is 20.6. The lowest BCUT2D eigenvalue weighted by atomic mass is 10.0. The van der Waals surface area contributed by atoms with Crippen molar-refractivity contribution in [1.29, 1.82) is 0 Å². The predicted molar refractivity (Wildman–Crippen MR) is 325 cm³/mol. The van der Waals surface area contributed by atoms with Gasteiger partial charge in [0.15, 0.2) is 6.10 Å². The summed E-state index contributed by atoms with van der Waals surface area (Å²) in [4.78, 5) is 38.3. The molecular formula is C69H116O6. The van der Waals surface area contributed by atoms with Gasteiger partial charge in [-0.3, -0.25) is 14.4 Å². The molecule has 0 aromatic rings. The molecular weight excluding hydrogens is 925 g/mol. The molecule has 75 heavy (non-hydrogen) atoms. The van der Waals surface area contributed by atoms with Crippen molar-refractivity contribution in [2.75, 3.05) is 13.2 Å². The maximum absolute atomic E-state index is 12.9. The van der Waals surface area contributed by atoms with Gasteiger partial charge in [0.05, 0.1) is 0 Å². The summed E-state index contributed by atoms with van der Waals surface area (Å²) >= 11 is 0. The van der Waals surface area contributed by atoms with Gasteiger partial charge in [-0.15, -0.1) is 0 Å². The summed E-state index contributed by atoms with van der Waals surface area (Å²) in [6.45, 7) is 6.43. The van der Waals surface area contributed by atoms with Crippen LogP contribution in [0.25, 0.3) is 0 Å². The molecule has 0 bridgehead atoms. The van der Waals surface area contributed by atoms with Crippen LogP contribution in [0.2, 0.25) is 0 Å². The van der Waals surface area contributed by atoms with Crippen molar-refractivity contribution < 1.29 is 28.6 Å². The van der Waals surface area contributed by atoms with E-state index in [2.05, 4.69) is 130 Å². The third-order valence-electron chi connectivity index (χ3n) is 13.2. The highest BCUT2D eigenvalue weighted by Gasteiger charge is 2.19. The molecule has 0 aliphatic heterocycles. The first-order valence-electron chi connectivity index (χ1n) is 31.4. The minimum absolute atomic E-state index is 0.0877. The van der Waals surface area contributed by atoms with E-state index >= 15 is 0 Å². The number of hydrogen-bond acceptors (Lipinski definition) is 6. The Morgan fingerprint density at radius 1 is 0.280 bits per heavy atom. The molecule has 0 aromatic carbocycles. The molecule has 6 nitrogen and oxygen atoms in total. The Hall–Kier alpha value is -3.93. The summed E-state index contributed by atoms with van der Waals surface area (Å²) in [5.41, 5.74) is 0. The Labute approximate surface area is 463 Å². The van der Waals surface area contributed by atoms with Gasteiger partial charge in [-0.25, -0.2) is 0 Å². The fourth-order valence-electron chi connectivity index (χ4n) is 8.54. The third-order valence-corrected chi connectivity index (χ3v) is 13.2. The Bertz CT molecular complexity index is 1520. The Morgan fingerprint density at radius 2 is 0.547 bits per heavy atom. The van der Waals surface area contributed by atoms with E-state index in [0.717, 1.165) is 135 Å². The van der Waals surface area contributed by atoms with Crippen LogP contribution in [0.5, 0.6) is 0 Å². The van der Waals surface area contributed by atoms with Crippen molar-refractivity contribution in [2.45, 2.75) is 297 Å². The highest BCUT2D eigenvalue weighted by atomic mass is 16.6. The Morgan fingerprint density at radius 3 is 0.867 bits per heavy atom. The van der Waals surface area contributed by atoms with Gasteiger partial charge in [-0.2, -0.15) is 0 Å². The van der Waals surface area contributed by atoms with Gasteiger partial charge in [0, 0.05) is 19.3 Å². The van der Waals surface area contributed by atoms with Gasteiger partial charge in [-0.1, -0.05) is 259 Å². The minimum Gasteiger partial charge on any atom is -0.462 e. The molecule has 0 heterocycles. The zero-order chi connectivity index (χ0) is 54.3. The van der Waals surface area contributed by atoms with Crippen LogP contribution in [0.4, 0.5) is 0 Å². The fourth-order valence-corrected chi connectivity index (χ4v) is 8.54. The van der Waals surface area contributed by atoms with Crippen LogP contribution in [0.3, 0.4) is 0 Å². The van der Waals surface area contributed by atoms with Crippen LogP contribution in [0, 0.1) is 0 Å². The highest BCUT2D eigenvalue weighted by molar-refractivity contribution is 5.71. The molecule has 1 unspecified atom stereocenters. The highest BCUT2D eigenvalue weighted by Crippen LogP contribution is 2.15. The van der Waals surface area contributed by atoms with Crippen molar-refractivity contribution in [2.24, 2.45) is 0 Å². The maximum Gasteiger partial charge on any atom is 0.306 e. The van der Waals surface area contributed by atoms with Crippen molar-refractivity contribution in [3.05, 3.63) is 109 Å². The second-order valence-electron chi connectivity index (χ2n) is 20.6. The maximum atomic E-state index is 12.9. The molecule has 0 aliphatic rings. The second kappa shape index (κ2) is 62.6. The van der Waals surface area contributed by atoms with E-state index in [1.165, 1.54) is 116 Å². The zero-order valence-corrected chi connectivity index (χ0v) is 49.0. The molecule has 428 valence electrons. The van der Waals surface area contributed by atoms with Crippen LogP contribution in [0.15, 0.2) is 109 Å². The summed E-state index contributed by atoms with van der Waals surface area (Å²) in [6, 6.07) is 0. The fraction of sp³-hybridized carbons (Fsp3) is 0.696. The van der Waals surface area contributed by atoms with Gasteiger partial charge in [0.1, 0.15) is 13.2 Å². The zero-order valence-electron chi connectivity index (χ0n) is 49.0. The molecule has 0 radical (unpaired) electrons. The van der Waals surface area contributed by atoms with Crippen LogP contribution >= 0.6 is 0 Å². The van der Waals surface area contributed by atoms with Crippen LogP contribution < -0.4 is 0 Å². The Kier molecular flexibility index (Phi) is 59.3. The van der Waals surface area contributed by atoms with Crippen LogP contribution in [0.1, 0.15) is 290 Å². The molecule has 0 N–H and O–H groups in total. The largest absolute Gasteiger partial charge is 0.462 e. The van der Waals surface area contributed by atoms with E-state index in [9.17, 15) is 14.4 Å². The average Bonchev–Trinajstić information content (AvgIpc) is 3.41. The molecule has 1 atom stereocenters. The SMILES string of the molecule is CC/C=C\C/C=C\C/C=C\C/C=C\C/C=C\CCCCCCCCCCCCCC(=O)OCC(COC(=O)CCCCCCC/C=C\C/C=C\CCC)OC(=O)CCCCCCCCC/C=C\C/C=C\CCCCC.